The largest absolute Gasteiger partial charge is 0.507 e. The highest BCUT2D eigenvalue weighted by atomic mass is 16.5. The van der Waals surface area contributed by atoms with Gasteiger partial charge in [0.15, 0.2) is 0 Å². The van der Waals surface area contributed by atoms with Gasteiger partial charge in [0.1, 0.15) is 17.3 Å². The third kappa shape index (κ3) is 4.72. The Bertz CT molecular complexity index is 1370. The lowest BCUT2D eigenvalue weighted by molar-refractivity contribution is -0.132. The Morgan fingerprint density at radius 1 is 0.895 bits per heavy atom. The molecule has 7 heteroatoms. The molecule has 0 radical (unpaired) electrons. The molecule has 0 aliphatic carbocycles. The zero-order valence-electron chi connectivity index (χ0n) is 22.7. The normalized spacial score (nSPS) is 16.6. The van der Waals surface area contributed by atoms with Crippen LogP contribution in [0.2, 0.25) is 0 Å². The van der Waals surface area contributed by atoms with Gasteiger partial charge in [-0.15, -0.1) is 0 Å². The lowest BCUT2D eigenvalue weighted by Crippen LogP contribution is -2.29. The van der Waals surface area contributed by atoms with E-state index in [1.165, 1.54) is 4.90 Å². The summed E-state index contributed by atoms with van der Waals surface area (Å²) < 4.78 is 10.7. The molecule has 1 N–H and O–H groups in total. The number of aliphatic hydroxyl groups excluding tert-OH is 1. The number of carbonyl (C=O) groups excluding carboxylic acids is 2. The molecule has 1 aliphatic rings. The van der Waals surface area contributed by atoms with Crippen molar-refractivity contribution in [2.45, 2.75) is 33.7 Å². The first-order valence-electron chi connectivity index (χ1n) is 12.7. The second-order valence-electron chi connectivity index (χ2n) is 9.27. The summed E-state index contributed by atoms with van der Waals surface area (Å²) in [7, 11) is 3.15. The Balaban J connectivity index is 1.92. The molecule has 3 aromatic rings. The molecule has 198 valence electrons. The Hall–Kier alpha value is -4.26. The summed E-state index contributed by atoms with van der Waals surface area (Å²) in [5.41, 5.74) is 4.38. The zero-order chi connectivity index (χ0) is 27.6. The van der Waals surface area contributed by atoms with E-state index >= 15 is 0 Å². The van der Waals surface area contributed by atoms with E-state index in [0.717, 1.165) is 35.5 Å². The van der Waals surface area contributed by atoms with Crippen molar-refractivity contribution < 1.29 is 24.2 Å². The van der Waals surface area contributed by atoms with Crippen LogP contribution in [0.5, 0.6) is 11.5 Å². The summed E-state index contributed by atoms with van der Waals surface area (Å²) in [6, 6.07) is 17.6. The summed E-state index contributed by atoms with van der Waals surface area (Å²) in [6.45, 7) is 9.61. The van der Waals surface area contributed by atoms with E-state index in [-0.39, 0.29) is 11.3 Å². The molecule has 1 saturated heterocycles. The van der Waals surface area contributed by atoms with Gasteiger partial charge in [0.25, 0.3) is 11.7 Å². The number of methoxy groups -OCH3 is 2. The van der Waals surface area contributed by atoms with E-state index < -0.39 is 17.7 Å². The van der Waals surface area contributed by atoms with Crippen molar-refractivity contribution >= 4 is 28.8 Å². The average Bonchev–Trinajstić information content (AvgIpc) is 3.20. The highest BCUT2D eigenvalue weighted by molar-refractivity contribution is 6.51. The van der Waals surface area contributed by atoms with E-state index in [1.807, 2.05) is 44.2 Å². The first-order chi connectivity index (χ1) is 18.2. The van der Waals surface area contributed by atoms with Gasteiger partial charge >= 0.3 is 0 Å². The van der Waals surface area contributed by atoms with Crippen LogP contribution < -0.4 is 19.3 Å². The number of carbonyl (C=O) groups is 2. The Kier molecular flexibility index (Phi) is 7.76. The predicted octanol–water partition coefficient (Wildman–Crippen LogP) is 5.79. The van der Waals surface area contributed by atoms with Gasteiger partial charge < -0.3 is 19.5 Å². The minimum Gasteiger partial charge on any atom is -0.507 e. The van der Waals surface area contributed by atoms with E-state index in [4.69, 9.17) is 9.47 Å². The fourth-order valence-electron chi connectivity index (χ4n) is 5.02. The van der Waals surface area contributed by atoms with Crippen LogP contribution in [0.15, 0.2) is 66.2 Å². The molecule has 1 heterocycles. The van der Waals surface area contributed by atoms with Crippen molar-refractivity contribution in [3.05, 3.63) is 88.5 Å². The molecular formula is C31H34N2O5. The fraction of sp³-hybridized carbons (Fsp3) is 0.290. The molecule has 1 fully saturated rings. The smallest absolute Gasteiger partial charge is 0.300 e. The molecule has 7 nitrogen and oxygen atoms in total. The summed E-state index contributed by atoms with van der Waals surface area (Å²) >= 11 is 0. The van der Waals surface area contributed by atoms with E-state index in [2.05, 4.69) is 18.7 Å². The number of amides is 1. The van der Waals surface area contributed by atoms with Crippen LogP contribution in [-0.2, 0) is 9.59 Å². The van der Waals surface area contributed by atoms with Gasteiger partial charge in [0.2, 0.25) is 0 Å². The molecule has 38 heavy (non-hydrogen) atoms. The number of aliphatic hydroxyl groups is 1. The highest BCUT2D eigenvalue weighted by Crippen LogP contribution is 2.43. The van der Waals surface area contributed by atoms with Crippen LogP contribution >= 0.6 is 0 Å². The van der Waals surface area contributed by atoms with E-state index in [9.17, 15) is 14.7 Å². The van der Waals surface area contributed by atoms with Gasteiger partial charge in [-0.1, -0.05) is 12.1 Å². The number of benzene rings is 3. The van der Waals surface area contributed by atoms with Crippen molar-refractivity contribution in [1.82, 2.24) is 0 Å². The summed E-state index contributed by atoms with van der Waals surface area (Å²) in [5, 5.41) is 11.6. The monoisotopic (exact) mass is 514 g/mol. The minimum atomic E-state index is -0.809. The number of nitrogens with zero attached hydrogens (tertiary/aromatic N) is 2. The molecule has 1 atom stereocenters. The number of rotatable bonds is 8. The average molecular weight is 515 g/mol. The molecule has 3 aromatic carbocycles. The number of hydrogen-bond donors (Lipinski definition) is 1. The van der Waals surface area contributed by atoms with Crippen LogP contribution in [-0.4, -0.2) is 44.1 Å². The standard InChI is InChI=1S/C31H34N2O5/c1-7-32(8-2)22-11-9-21(10-12-22)28-27(29(34)25-17-20(4)26(38-6)18-19(25)3)30(35)31(36)33(28)23-13-15-24(37-5)16-14-23/h9-18,28,34H,7-8H2,1-6H3/b29-27+. The molecular weight excluding hydrogens is 480 g/mol. The maximum atomic E-state index is 13.5. The Labute approximate surface area is 223 Å². The first-order valence-corrected chi connectivity index (χ1v) is 12.7. The summed E-state index contributed by atoms with van der Waals surface area (Å²) in [4.78, 5) is 30.7. The molecule has 4 rings (SSSR count). The third-order valence-corrected chi connectivity index (χ3v) is 7.13. The molecule has 1 unspecified atom stereocenters. The lowest BCUT2D eigenvalue weighted by Gasteiger charge is -2.27. The van der Waals surface area contributed by atoms with Gasteiger partial charge in [-0.25, -0.2) is 0 Å². The van der Waals surface area contributed by atoms with Gasteiger partial charge in [0.05, 0.1) is 25.8 Å². The van der Waals surface area contributed by atoms with E-state index in [0.29, 0.717) is 22.7 Å². The number of aryl methyl sites for hydroxylation is 2. The second-order valence-corrected chi connectivity index (χ2v) is 9.27. The van der Waals surface area contributed by atoms with Crippen molar-refractivity contribution in [3.63, 3.8) is 0 Å². The molecule has 0 spiro atoms. The van der Waals surface area contributed by atoms with Crippen LogP contribution in [0, 0.1) is 13.8 Å². The van der Waals surface area contributed by atoms with Crippen LogP contribution in [0.25, 0.3) is 5.76 Å². The van der Waals surface area contributed by atoms with E-state index in [1.54, 1.807) is 44.6 Å². The van der Waals surface area contributed by atoms with Crippen LogP contribution in [0.1, 0.15) is 42.1 Å². The van der Waals surface area contributed by atoms with Crippen molar-refractivity contribution in [2.75, 3.05) is 37.1 Å². The van der Waals surface area contributed by atoms with Gasteiger partial charge in [-0.3, -0.25) is 14.5 Å². The van der Waals surface area contributed by atoms with Crippen LogP contribution in [0.3, 0.4) is 0 Å². The molecule has 1 aliphatic heterocycles. The Morgan fingerprint density at radius 2 is 1.53 bits per heavy atom. The first kappa shape index (κ1) is 26.8. The maximum absolute atomic E-state index is 13.5. The molecule has 0 saturated carbocycles. The number of Topliss-reactive ketones (excluding diaryl/α,β-unsaturated/α-hetero) is 1. The predicted molar refractivity (Wildman–Crippen MR) is 150 cm³/mol. The third-order valence-electron chi connectivity index (χ3n) is 7.13. The summed E-state index contributed by atoms with van der Waals surface area (Å²) in [6.07, 6.45) is 0. The number of hydrogen-bond acceptors (Lipinski definition) is 6. The second kappa shape index (κ2) is 11.0. The Morgan fingerprint density at radius 3 is 2.08 bits per heavy atom. The lowest BCUT2D eigenvalue weighted by atomic mass is 9.92. The van der Waals surface area contributed by atoms with Gasteiger partial charge in [-0.05, 0) is 92.9 Å². The van der Waals surface area contributed by atoms with Crippen molar-refractivity contribution in [2.24, 2.45) is 0 Å². The quantitative estimate of drug-likeness (QED) is 0.233. The molecule has 1 amide bonds. The van der Waals surface area contributed by atoms with Gasteiger partial charge in [0, 0.05) is 30.0 Å². The minimum absolute atomic E-state index is 0.0501. The van der Waals surface area contributed by atoms with Crippen LogP contribution in [0.4, 0.5) is 11.4 Å². The highest BCUT2D eigenvalue weighted by Gasteiger charge is 2.47. The molecule has 0 bridgehead atoms. The SMILES string of the molecule is CCN(CC)c1ccc(C2/C(=C(\O)c3cc(C)c(OC)cc3C)C(=O)C(=O)N2c2ccc(OC)cc2)cc1. The zero-order valence-corrected chi connectivity index (χ0v) is 22.7. The summed E-state index contributed by atoms with van der Waals surface area (Å²) in [5.74, 6) is -0.321. The fourth-order valence-corrected chi connectivity index (χ4v) is 5.02. The number of anilines is 2. The maximum Gasteiger partial charge on any atom is 0.300 e. The number of ether oxygens (including phenoxy) is 2. The van der Waals surface area contributed by atoms with Crippen molar-refractivity contribution in [1.29, 1.82) is 0 Å². The number of ketones is 1. The van der Waals surface area contributed by atoms with Crippen molar-refractivity contribution in [3.8, 4) is 11.5 Å². The molecule has 0 aromatic heterocycles. The van der Waals surface area contributed by atoms with Gasteiger partial charge in [-0.2, -0.15) is 0 Å². The topological polar surface area (TPSA) is 79.3 Å².